The third kappa shape index (κ3) is 14.9. The van der Waals surface area contributed by atoms with Gasteiger partial charge in [0, 0.05) is 13.1 Å². The van der Waals surface area contributed by atoms with Crippen LogP contribution in [-0.4, -0.2) is 78.4 Å². The van der Waals surface area contributed by atoms with E-state index in [-0.39, 0.29) is 32.8 Å². The minimum absolute atomic E-state index is 0.0856. The Kier molecular flexibility index (Phi) is 15.8. The molecule has 0 heterocycles. The van der Waals surface area contributed by atoms with Gasteiger partial charge in [-0.15, -0.1) is 0 Å². The SMILES string of the molecule is CCCCCCCCCc1ccc(OCCOCC(O)CN(CCO)CC(=O)O)cc1. The standard InChI is InChI=1S/C24H41NO6/c1-2-3-4-5-6-7-8-9-21-10-12-23(13-11-21)31-17-16-30-20-22(27)18-25(14-15-26)19-24(28)29/h10-13,22,26-27H,2-9,14-20H2,1H3,(H,28,29). The Morgan fingerprint density at radius 2 is 1.71 bits per heavy atom. The first kappa shape index (κ1) is 27.4. The van der Waals surface area contributed by atoms with E-state index in [0.717, 1.165) is 12.2 Å². The van der Waals surface area contributed by atoms with E-state index in [1.807, 2.05) is 12.1 Å². The second kappa shape index (κ2) is 18.0. The van der Waals surface area contributed by atoms with E-state index >= 15 is 0 Å². The molecule has 0 spiro atoms. The Labute approximate surface area is 187 Å². The molecule has 1 atom stereocenters. The lowest BCUT2D eigenvalue weighted by Crippen LogP contribution is -2.39. The molecule has 7 nitrogen and oxygen atoms in total. The molecule has 3 N–H and O–H groups in total. The number of carboxylic acid groups (broad SMARTS) is 1. The normalized spacial score (nSPS) is 12.3. The monoisotopic (exact) mass is 439 g/mol. The van der Waals surface area contributed by atoms with Crippen LogP contribution in [0.15, 0.2) is 24.3 Å². The van der Waals surface area contributed by atoms with E-state index in [4.69, 9.17) is 19.7 Å². The number of ether oxygens (including phenoxy) is 2. The lowest BCUT2D eigenvalue weighted by Gasteiger charge is -2.22. The maximum atomic E-state index is 10.8. The van der Waals surface area contributed by atoms with Crippen LogP contribution in [-0.2, 0) is 16.0 Å². The zero-order valence-corrected chi connectivity index (χ0v) is 19.0. The highest BCUT2D eigenvalue weighted by molar-refractivity contribution is 5.69. The highest BCUT2D eigenvalue weighted by Gasteiger charge is 2.14. The topological polar surface area (TPSA) is 99.5 Å². The van der Waals surface area contributed by atoms with Gasteiger partial charge in [-0.3, -0.25) is 9.69 Å². The average molecular weight is 440 g/mol. The molecule has 0 bridgehead atoms. The molecule has 7 heteroatoms. The van der Waals surface area contributed by atoms with Crippen molar-refractivity contribution in [3.63, 3.8) is 0 Å². The second-order valence-corrected chi connectivity index (χ2v) is 7.94. The van der Waals surface area contributed by atoms with E-state index < -0.39 is 12.1 Å². The van der Waals surface area contributed by atoms with Crippen LogP contribution in [0, 0.1) is 0 Å². The fourth-order valence-corrected chi connectivity index (χ4v) is 3.39. The molecule has 0 aliphatic carbocycles. The Morgan fingerprint density at radius 3 is 2.35 bits per heavy atom. The second-order valence-electron chi connectivity index (χ2n) is 7.94. The lowest BCUT2D eigenvalue weighted by atomic mass is 10.0. The average Bonchev–Trinajstić information content (AvgIpc) is 2.73. The van der Waals surface area contributed by atoms with E-state index in [0.29, 0.717) is 13.2 Å². The molecule has 31 heavy (non-hydrogen) atoms. The summed E-state index contributed by atoms with van der Waals surface area (Å²) in [6.45, 7) is 2.97. The van der Waals surface area contributed by atoms with Gasteiger partial charge < -0.3 is 24.8 Å². The van der Waals surface area contributed by atoms with Crippen molar-refractivity contribution in [3.8, 4) is 5.75 Å². The molecule has 0 amide bonds. The van der Waals surface area contributed by atoms with Crippen molar-refractivity contribution >= 4 is 5.97 Å². The van der Waals surface area contributed by atoms with Crippen molar-refractivity contribution in [2.24, 2.45) is 0 Å². The molecule has 0 saturated heterocycles. The maximum Gasteiger partial charge on any atom is 0.317 e. The Balaban J connectivity index is 2.12. The summed E-state index contributed by atoms with van der Waals surface area (Å²) in [5, 5.41) is 27.8. The number of aliphatic carboxylic acids is 1. The Hall–Kier alpha value is -1.67. The molecular formula is C24H41NO6. The maximum absolute atomic E-state index is 10.8. The number of hydrogen-bond donors (Lipinski definition) is 3. The summed E-state index contributed by atoms with van der Waals surface area (Å²) in [6.07, 6.45) is 9.48. The number of carboxylic acids is 1. The van der Waals surface area contributed by atoms with Gasteiger partial charge in [-0.2, -0.15) is 0 Å². The first-order valence-electron chi connectivity index (χ1n) is 11.6. The number of nitrogens with zero attached hydrogens (tertiary/aromatic N) is 1. The minimum atomic E-state index is -0.997. The molecule has 178 valence electrons. The summed E-state index contributed by atoms with van der Waals surface area (Å²) in [5.74, 6) is -0.202. The number of benzene rings is 1. The third-order valence-corrected chi connectivity index (χ3v) is 5.04. The van der Waals surface area contributed by atoms with Crippen LogP contribution < -0.4 is 4.74 Å². The first-order chi connectivity index (χ1) is 15.0. The van der Waals surface area contributed by atoms with Crippen LogP contribution in [0.1, 0.15) is 57.4 Å². The smallest absolute Gasteiger partial charge is 0.317 e. The van der Waals surface area contributed by atoms with Gasteiger partial charge in [0.15, 0.2) is 0 Å². The van der Waals surface area contributed by atoms with Crippen molar-refractivity contribution in [2.45, 2.75) is 64.4 Å². The number of rotatable bonds is 20. The quantitative estimate of drug-likeness (QED) is 0.268. The van der Waals surface area contributed by atoms with Crippen LogP contribution in [0.4, 0.5) is 0 Å². The number of aryl methyl sites for hydroxylation is 1. The summed E-state index contributed by atoms with van der Waals surface area (Å²) in [7, 11) is 0. The van der Waals surface area contributed by atoms with Crippen molar-refractivity contribution < 1.29 is 29.6 Å². The predicted octanol–water partition coefficient (Wildman–Crippen LogP) is 3.11. The third-order valence-electron chi connectivity index (χ3n) is 5.04. The van der Waals surface area contributed by atoms with Gasteiger partial charge in [-0.1, -0.05) is 57.6 Å². The van der Waals surface area contributed by atoms with Gasteiger partial charge in [0.2, 0.25) is 0 Å². The van der Waals surface area contributed by atoms with Crippen LogP contribution in [0.2, 0.25) is 0 Å². The van der Waals surface area contributed by atoms with E-state index in [2.05, 4.69) is 19.1 Å². The molecule has 1 unspecified atom stereocenters. The van der Waals surface area contributed by atoms with Gasteiger partial charge >= 0.3 is 5.97 Å². The first-order valence-corrected chi connectivity index (χ1v) is 11.6. The number of aliphatic hydroxyl groups excluding tert-OH is 2. The number of carbonyl (C=O) groups is 1. The van der Waals surface area contributed by atoms with Crippen molar-refractivity contribution in [2.75, 3.05) is 46.1 Å². The fourth-order valence-electron chi connectivity index (χ4n) is 3.39. The molecule has 0 saturated carbocycles. The van der Waals surface area contributed by atoms with Crippen LogP contribution in [0.3, 0.4) is 0 Å². The Morgan fingerprint density at radius 1 is 1.03 bits per heavy atom. The summed E-state index contributed by atoms with van der Waals surface area (Å²) < 4.78 is 11.1. The van der Waals surface area contributed by atoms with Crippen molar-refractivity contribution in [1.82, 2.24) is 4.90 Å². The number of aliphatic hydroxyl groups is 2. The van der Waals surface area contributed by atoms with Crippen LogP contribution in [0.25, 0.3) is 0 Å². The molecule has 1 aromatic carbocycles. The van der Waals surface area contributed by atoms with E-state index in [1.165, 1.54) is 55.4 Å². The lowest BCUT2D eigenvalue weighted by molar-refractivity contribution is -0.138. The van der Waals surface area contributed by atoms with Gasteiger partial charge in [0.05, 0.1) is 32.5 Å². The molecule has 0 aromatic heterocycles. The molecule has 0 aliphatic heterocycles. The van der Waals surface area contributed by atoms with Crippen molar-refractivity contribution in [3.05, 3.63) is 29.8 Å². The zero-order valence-electron chi connectivity index (χ0n) is 19.0. The van der Waals surface area contributed by atoms with E-state index in [1.54, 1.807) is 0 Å². The minimum Gasteiger partial charge on any atom is -0.491 e. The van der Waals surface area contributed by atoms with Gasteiger partial charge in [-0.25, -0.2) is 0 Å². The molecule has 0 aliphatic rings. The predicted molar refractivity (Wildman–Crippen MR) is 122 cm³/mol. The van der Waals surface area contributed by atoms with Crippen molar-refractivity contribution in [1.29, 1.82) is 0 Å². The fraction of sp³-hybridized carbons (Fsp3) is 0.708. The summed E-state index contributed by atoms with van der Waals surface area (Å²) in [6, 6.07) is 8.17. The zero-order chi connectivity index (χ0) is 22.7. The van der Waals surface area contributed by atoms with Crippen LogP contribution >= 0.6 is 0 Å². The van der Waals surface area contributed by atoms with Gasteiger partial charge in [0.25, 0.3) is 0 Å². The molecule has 1 aromatic rings. The number of unbranched alkanes of at least 4 members (excludes halogenated alkanes) is 6. The van der Waals surface area contributed by atoms with E-state index in [9.17, 15) is 9.90 Å². The van der Waals surface area contributed by atoms with Gasteiger partial charge in [-0.05, 0) is 30.5 Å². The summed E-state index contributed by atoms with van der Waals surface area (Å²) >= 11 is 0. The molecule has 0 radical (unpaired) electrons. The highest BCUT2D eigenvalue weighted by atomic mass is 16.5. The molecule has 0 fully saturated rings. The molecule has 1 rings (SSSR count). The highest BCUT2D eigenvalue weighted by Crippen LogP contribution is 2.15. The summed E-state index contributed by atoms with van der Waals surface area (Å²) in [4.78, 5) is 12.3. The number of hydrogen-bond acceptors (Lipinski definition) is 6. The van der Waals surface area contributed by atoms with Gasteiger partial charge in [0.1, 0.15) is 12.4 Å². The largest absolute Gasteiger partial charge is 0.491 e. The Bertz CT molecular complexity index is 566. The summed E-state index contributed by atoms with van der Waals surface area (Å²) in [5.41, 5.74) is 1.33. The van der Waals surface area contributed by atoms with Crippen LogP contribution in [0.5, 0.6) is 5.75 Å². The molecular weight excluding hydrogens is 398 g/mol.